The monoisotopic (exact) mass is 268 g/mol. The van der Waals surface area contributed by atoms with Crippen molar-refractivity contribution in [2.24, 2.45) is 0 Å². The van der Waals surface area contributed by atoms with Crippen LogP contribution in [0.5, 0.6) is 0 Å². The zero-order valence-corrected chi connectivity index (χ0v) is 11.2. The number of rotatable bonds is 1. The first-order valence-corrected chi connectivity index (χ1v) is 6.33. The topological polar surface area (TPSA) is 34.9 Å². The van der Waals surface area contributed by atoms with Crippen LogP contribution in [-0.2, 0) is 0 Å². The van der Waals surface area contributed by atoms with Gasteiger partial charge in [0.05, 0.1) is 16.6 Å². The number of aryl methyl sites for hydroxylation is 2. The fourth-order valence-corrected chi connectivity index (χ4v) is 2.40. The van der Waals surface area contributed by atoms with E-state index in [9.17, 15) is 9.18 Å². The van der Waals surface area contributed by atoms with Crippen LogP contribution < -0.4 is 5.56 Å². The van der Waals surface area contributed by atoms with E-state index >= 15 is 0 Å². The summed E-state index contributed by atoms with van der Waals surface area (Å²) in [6.07, 6.45) is 0. The normalized spacial score (nSPS) is 10.9. The van der Waals surface area contributed by atoms with Gasteiger partial charge in [0, 0.05) is 0 Å². The van der Waals surface area contributed by atoms with Crippen molar-refractivity contribution in [2.45, 2.75) is 13.8 Å². The van der Waals surface area contributed by atoms with E-state index in [2.05, 4.69) is 4.98 Å². The number of benzene rings is 2. The number of halogens is 1. The molecule has 0 aliphatic carbocycles. The number of hydrogen-bond donors (Lipinski definition) is 0. The molecule has 100 valence electrons. The first kappa shape index (κ1) is 12.5. The Morgan fingerprint density at radius 2 is 1.75 bits per heavy atom. The molecule has 0 unspecified atom stereocenters. The molecule has 2 aromatic carbocycles. The number of aromatic nitrogens is 2. The third-order valence-electron chi connectivity index (χ3n) is 3.36. The molecule has 0 saturated carbocycles. The minimum atomic E-state index is -0.329. The van der Waals surface area contributed by atoms with Gasteiger partial charge in [-0.05, 0) is 49.7 Å². The highest BCUT2D eigenvalue weighted by molar-refractivity contribution is 5.81. The van der Waals surface area contributed by atoms with Crippen LogP contribution in [0.3, 0.4) is 0 Å². The first-order chi connectivity index (χ1) is 9.58. The van der Waals surface area contributed by atoms with Gasteiger partial charge >= 0.3 is 0 Å². The Morgan fingerprint density at radius 3 is 2.45 bits per heavy atom. The zero-order chi connectivity index (χ0) is 14.3. The summed E-state index contributed by atoms with van der Waals surface area (Å²) in [6, 6.07) is 11.4. The van der Waals surface area contributed by atoms with Crippen LogP contribution in [0, 0.1) is 19.7 Å². The van der Waals surface area contributed by atoms with E-state index in [1.807, 2.05) is 25.1 Å². The van der Waals surface area contributed by atoms with Crippen molar-refractivity contribution in [2.75, 3.05) is 0 Å². The SMILES string of the molecule is Cc1cccc2nc(C)n(-c3ccc(F)cc3)c(=O)c12. The number of nitrogens with zero attached hydrogens (tertiary/aromatic N) is 2. The Morgan fingerprint density at radius 1 is 1.05 bits per heavy atom. The highest BCUT2D eigenvalue weighted by Crippen LogP contribution is 2.15. The molecule has 0 saturated heterocycles. The first-order valence-electron chi connectivity index (χ1n) is 6.33. The zero-order valence-electron chi connectivity index (χ0n) is 11.2. The maximum atomic E-state index is 13.0. The van der Waals surface area contributed by atoms with Gasteiger partial charge in [0.15, 0.2) is 0 Å². The van der Waals surface area contributed by atoms with Gasteiger partial charge in [0.1, 0.15) is 11.6 Å². The molecule has 3 nitrogen and oxygen atoms in total. The van der Waals surface area contributed by atoms with Gasteiger partial charge in [-0.25, -0.2) is 9.37 Å². The lowest BCUT2D eigenvalue weighted by Crippen LogP contribution is -2.22. The molecule has 4 heteroatoms. The van der Waals surface area contributed by atoms with Gasteiger partial charge in [0.25, 0.3) is 5.56 Å². The van der Waals surface area contributed by atoms with Crippen LogP contribution in [0.4, 0.5) is 4.39 Å². The van der Waals surface area contributed by atoms with Crippen molar-refractivity contribution in [3.8, 4) is 5.69 Å². The summed E-state index contributed by atoms with van der Waals surface area (Å²) in [5.41, 5.74) is 2.06. The Hall–Kier alpha value is -2.49. The van der Waals surface area contributed by atoms with Gasteiger partial charge in [-0.1, -0.05) is 12.1 Å². The lowest BCUT2D eigenvalue weighted by Gasteiger charge is -2.11. The van der Waals surface area contributed by atoms with Crippen molar-refractivity contribution >= 4 is 10.9 Å². The second kappa shape index (κ2) is 4.56. The van der Waals surface area contributed by atoms with Crippen molar-refractivity contribution in [3.63, 3.8) is 0 Å². The molecule has 0 N–H and O–H groups in total. The Bertz CT molecular complexity index is 851. The summed E-state index contributed by atoms with van der Waals surface area (Å²) < 4.78 is 14.5. The fourth-order valence-electron chi connectivity index (χ4n) is 2.40. The molecule has 1 aromatic heterocycles. The number of hydrogen-bond acceptors (Lipinski definition) is 2. The third-order valence-corrected chi connectivity index (χ3v) is 3.36. The fraction of sp³-hybridized carbons (Fsp3) is 0.125. The smallest absolute Gasteiger partial charge is 0.266 e. The molecule has 0 aliphatic heterocycles. The minimum Gasteiger partial charge on any atom is -0.268 e. The predicted molar refractivity (Wildman–Crippen MR) is 76.8 cm³/mol. The second-order valence-electron chi connectivity index (χ2n) is 4.75. The molecule has 0 spiro atoms. The van der Waals surface area contributed by atoms with Crippen LogP contribution in [-0.4, -0.2) is 9.55 Å². The molecule has 0 amide bonds. The van der Waals surface area contributed by atoms with Gasteiger partial charge in [-0.2, -0.15) is 0 Å². The van der Waals surface area contributed by atoms with E-state index in [0.29, 0.717) is 22.4 Å². The maximum absolute atomic E-state index is 13.0. The quantitative estimate of drug-likeness (QED) is 0.679. The average Bonchev–Trinajstić information content (AvgIpc) is 2.40. The largest absolute Gasteiger partial charge is 0.268 e. The van der Waals surface area contributed by atoms with Gasteiger partial charge < -0.3 is 0 Å². The molecule has 3 rings (SSSR count). The van der Waals surface area contributed by atoms with Crippen LogP contribution in [0.15, 0.2) is 47.3 Å². The molecule has 0 radical (unpaired) electrons. The summed E-state index contributed by atoms with van der Waals surface area (Å²) >= 11 is 0. The Labute approximate surface area is 115 Å². The molecular formula is C16H13FN2O. The van der Waals surface area contributed by atoms with Crippen LogP contribution >= 0.6 is 0 Å². The van der Waals surface area contributed by atoms with Gasteiger partial charge in [-0.3, -0.25) is 9.36 Å². The molecule has 3 aromatic rings. The van der Waals surface area contributed by atoms with E-state index in [4.69, 9.17) is 0 Å². The van der Waals surface area contributed by atoms with E-state index in [0.717, 1.165) is 5.56 Å². The number of fused-ring (bicyclic) bond motifs is 1. The van der Waals surface area contributed by atoms with Gasteiger partial charge in [-0.15, -0.1) is 0 Å². The van der Waals surface area contributed by atoms with Crippen LogP contribution in [0.1, 0.15) is 11.4 Å². The average molecular weight is 268 g/mol. The Kier molecular flexibility index (Phi) is 2.86. The summed E-state index contributed by atoms with van der Waals surface area (Å²) in [4.78, 5) is 17.1. The summed E-state index contributed by atoms with van der Waals surface area (Å²) in [7, 11) is 0. The highest BCUT2D eigenvalue weighted by Gasteiger charge is 2.11. The summed E-state index contributed by atoms with van der Waals surface area (Å²) in [6.45, 7) is 3.66. The lowest BCUT2D eigenvalue weighted by atomic mass is 10.1. The molecule has 0 bridgehead atoms. The molecule has 0 aliphatic rings. The molecule has 1 heterocycles. The molecule has 0 atom stereocenters. The molecular weight excluding hydrogens is 255 g/mol. The van der Waals surface area contributed by atoms with Crippen molar-refractivity contribution in [1.82, 2.24) is 9.55 Å². The highest BCUT2D eigenvalue weighted by atomic mass is 19.1. The lowest BCUT2D eigenvalue weighted by molar-refractivity contribution is 0.627. The molecule has 0 fully saturated rings. The maximum Gasteiger partial charge on any atom is 0.266 e. The summed E-state index contributed by atoms with van der Waals surface area (Å²) in [5, 5.41) is 0.599. The summed E-state index contributed by atoms with van der Waals surface area (Å²) in [5.74, 6) is 0.254. The van der Waals surface area contributed by atoms with Crippen molar-refractivity contribution < 1.29 is 4.39 Å². The predicted octanol–water partition coefficient (Wildman–Crippen LogP) is 3.14. The van der Waals surface area contributed by atoms with Crippen LogP contribution in [0.2, 0.25) is 0 Å². The van der Waals surface area contributed by atoms with E-state index < -0.39 is 0 Å². The van der Waals surface area contributed by atoms with Crippen molar-refractivity contribution in [3.05, 3.63) is 70.0 Å². The third kappa shape index (κ3) is 1.90. The van der Waals surface area contributed by atoms with E-state index in [1.54, 1.807) is 19.1 Å². The van der Waals surface area contributed by atoms with Crippen molar-refractivity contribution in [1.29, 1.82) is 0 Å². The minimum absolute atomic E-state index is 0.128. The van der Waals surface area contributed by atoms with E-state index in [1.165, 1.54) is 16.7 Å². The van der Waals surface area contributed by atoms with E-state index in [-0.39, 0.29) is 11.4 Å². The van der Waals surface area contributed by atoms with Crippen LogP contribution in [0.25, 0.3) is 16.6 Å². The molecule has 20 heavy (non-hydrogen) atoms. The second-order valence-corrected chi connectivity index (χ2v) is 4.75. The van der Waals surface area contributed by atoms with Gasteiger partial charge in [0.2, 0.25) is 0 Å². The Balaban J connectivity index is 2.39. The standard InChI is InChI=1S/C16H13FN2O/c1-10-4-3-5-14-15(10)16(20)19(11(2)18-14)13-8-6-12(17)7-9-13/h3-9H,1-2H3.